The monoisotopic (exact) mass is 292 g/mol. The Morgan fingerprint density at radius 2 is 2.19 bits per heavy atom. The van der Waals surface area contributed by atoms with Crippen molar-refractivity contribution in [2.24, 2.45) is 10.9 Å². The summed E-state index contributed by atoms with van der Waals surface area (Å²) in [5, 5.41) is 22.0. The number of nitrogens with two attached hydrogens (primary N) is 1. The second kappa shape index (κ2) is 5.82. The van der Waals surface area contributed by atoms with Crippen molar-refractivity contribution in [1.29, 1.82) is 0 Å². The van der Waals surface area contributed by atoms with Crippen LogP contribution in [0.15, 0.2) is 41.8 Å². The van der Waals surface area contributed by atoms with Gasteiger partial charge in [-0.05, 0) is 12.1 Å². The number of nitrogens with zero attached hydrogens (tertiary/aromatic N) is 3. The van der Waals surface area contributed by atoms with E-state index in [1.54, 1.807) is 0 Å². The van der Waals surface area contributed by atoms with Crippen LogP contribution in [0.5, 0.6) is 11.5 Å². The third-order valence-corrected chi connectivity index (χ3v) is 2.51. The van der Waals surface area contributed by atoms with Gasteiger partial charge in [-0.1, -0.05) is 5.16 Å². The summed E-state index contributed by atoms with van der Waals surface area (Å²) in [5.41, 5.74) is 5.26. The number of amidine groups is 1. The highest BCUT2D eigenvalue weighted by atomic mass is 19.1. The predicted molar refractivity (Wildman–Crippen MR) is 69.9 cm³/mol. The second-order valence-electron chi connectivity index (χ2n) is 3.83. The van der Waals surface area contributed by atoms with E-state index in [2.05, 4.69) is 10.1 Å². The summed E-state index contributed by atoms with van der Waals surface area (Å²) in [6.45, 7) is 0. The second-order valence-corrected chi connectivity index (χ2v) is 3.83. The summed E-state index contributed by atoms with van der Waals surface area (Å²) < 4.78 is 19.0. The third-order valence-electron chi connectivity index (χ3n) is 2.51. The third kappa shape index (κ3) is 3.03. The molecule has 0 aliphatic carbocycles. The van der Waals surface area contributed by atoms with E-state index in [1.165, 1.54) is 18.5 Å². The number of halogens is 1. The van der Waals surface area contributed by atoms with Gasteiger partial charge in [0.05, 0.1) is 22.7 Å². The van der Waals surface area contributed by atoms with Gasteiger partial charge < -0.3 is 15.7 Å². The van der Waals surface area contributed by atoms with Crippen molar-refractivity contribution in [3.8, 4) is 11.5 Å². The zero-order valence-electron chi connectivity index (χ0n) is 10.4. The molecule has 0 saturated carbocycles. The maximum Gasteiger partial charge on any atom is 0.272 e. The first-order valence-electron chi connectivity index (χ1n) is 5.56. The van der Waals surface area contributed by atoms with E-state index in [-0.39, 0.29) is 22.9 Å². The van der Waals surface area contributed by atoms with Gasteiger partial charge in [-0.25, -0.2) is 4.39 Å². The number of rotatable bonds is 4. The average Bonchev–Trinajstić information content (AvgIpc) is 2.49. The lowest BCUT2D eigenvalue weighted by Crippen LogP contribution is -2.14. The number of ether oxygens (including phenoxy) is 1. The normalized spacial score (nSPS) is 11.2. The zero-order valence-corrected chi connectivity index (χ0v) is 10.4. The van der Waals surface area contributed by atoms with Crippen LogP contribution in [0.25, 0.3) is 0 Å². The smallest absolute Gasteiger partial charge is 0.272 e. The molecule has 0 radical (unpaired) electrons. The van der Waals surface area contributed by atoms with Crippen molar-refractivity contribution >= 4 is 11.5 Å². The molecular formula is C12H9FN4O4. The average molecular weight is 292 g/mol. The molecule has 0 spiro atoms. The summed E-state index contributed by atoms with van der Waals surface area (Å²) in [5.74, 6) is -1.37. The molecule has 21 heavy (non-hydrogen) atoms. The molecule has 0 amide bonds. The lowest BCUT2D eigenvalue weighted by molar-refractivity contribution is -0.385. The summed E-state index contributed by atoms with van der Waals surface area (Å²) >= 11 is 0. The van der Waals surface area contributed by atoms with Gasteiger partial charge in [0.15, 0.2) is 23.2 Å². The Balaban J connectivity index is 2.37. The molecule has 1 aromatic heterocycles. The highest BCUT2D eigenvalue weighted by Crippen LogP contribution is 2.29. The largest absolute Gasteiger partial charge is 0.452 e. The van der Waals surface area contributed by atoms with Crippen LogP contribution in [-0.4, -0.2) is 21.0 Å². The summed E-state index contributed by atoms with van der Waals surface area (Å²) in [6, 6.07) is 4.34. The van der Waals surface area contributed by atoms with Gasteiger partial charge in [0, 0.05) is 12.3 Å². The minimum Gasteiger partial charge on any atom is -0.452 e. The van der Waals surface area contributed by atoms with Crippen LogP contribution >= 0.6 is 0 Å². The Morgan fingerprint density at radius 3 is 2.81 bits per heavy atom. The first-order valence-corrected chi connectivity index (χ1v) is 5.56. The number of nitro benzene ring substituents is 1. The number of hydrogen-bond donors (Lipinski definition) is 2. The van der Waals surface area contributed by atoms with E-state index in [0.717, 1.165) is 18.2 Å². The van der Waals surface area contributed by atoms with Gasteiger partial charge in [-0.15, -0.1) is 0 Å². The van der Waals surface area contributed by atoms with E-state index in [4.69, 9.17) is 15.7 Å². The van der Waals surface area contributed by atoms with Crippen LogP contribution in [-0.2, 0) is 0 Å². The lowest BCUT2D eigenvalue weighted by Gasteiger charge is -2.10. The molecule has 0 saturated heterocycles. The molecule has 9 heteroatoms. The first-order chi connectivity index (χ1) is 10.0. The number of nitro groups is 1. The minimum absolute atomic E-state index is 0.0422. The van der Waals surface area contributed by atoms with Gasteiger partial charge in [0.25, 0.3) is 5.69 Å². The quantitative estimate of drug-likeness (QED) is 0.292. The summed E-state index contributed by atoms with van der Waals surface area (Å²) in [7, 11) is 0. The van der Waals surface area contributed by atoms with Gasteiger partial charge in [-0.3, -0.25) is 15.1 Å². The van der Waals surface area contributed by atoms with Crippen LogP contribution < -0.4 is 10.5 Å². The molecule has 0 fully saturated rings. The van der Waals surface area contributed by atoms with E-state index in [1.807, 2.05) is 0 Å². The standard InChI is InChI=1S/C12H9FN4O4/c13-9-5-7(17(19)20)1-2-10(9)21-11-6-15-4-3-8(11)12(14)16-18/h1-6,18H,(H2,14,16). The van der Waals surface area contributed by atoms with Crippen molar-refractivity contribution < 1.29 is 19.3 Å². The number of hydrogen-bond acceptors (Lipinski definition) is 6. The zero-order chi connectivity index (χ0) is 15.4. The Labute approximate surface area is 117 Å². The fraction of sp³-hybridized carbons (Fsp3) is 0. The van der Waals surface area contributed by atoms with Crippen molar-refractivity contribution in [2.75, 3.05) is 0 Å². The predicted octanol–water partition coefficient (Wildman–Crippen LogP) is 2.02. The van der Waals surface area contributed by atoms with E-state index in [9.17, 15) is 14.5 Å². The Morgan fingerprint density at radius 1 is 1.43 bits per heavy atom. The van der Waals surface area contributed by atoms with Gasteiger partial charge in [0.2, 0.25) is 0 Å². The Kier molecular flexibility index (Phi) is 3.93. The number of non-ortho nitro benzene ring substituents is 1. The highest BCUT2D eigenvalue weighted by molar-refractivity contribution is 5.99. The van der Waals surface area contributed by atoms with E-state index < -0.39 is 16.4 Å². The molecule has 108 valence electrons. The molecule has 3 N–H and O–H groups in total. The van der Waals surface area contributed by atoms with Crippen LogP contribution in [0.3, 0.4) is 0 Å². The number of oxime groups is 1. The van der Waals surface area contributed by atoms with Gasteiger partial charge in [-0.2, -0.15) is 0 Å². The van der Waals surface area contributed by atoms with Crippen LogP contribution in [0.2, 0.25) is 0 Å². The van der Waals surface area contributed by atoms with Crippen molar-refractivity contribution in [1.82, 2.24) is 4.98 Å². The topological polar surface area (TPSA) is 124 Å². The Bertz CT molecular complexity index is 720. The van der Waals surface area contributed by atoms with E-state index in [0.29, 0.717) is 0 Å². The molecule has 0 aliphatic rings. The SMILES string of the molecule is N/C(=N/O)c1ccncc1Oc1ccc([N+](=O)[O-])cc1F. The molecule has 0 unspecified atom stereocenters. The maximum absolute atomic E-state index is 13.8. The number of pyridine rings is 1. The molecule has 2 aromatic rings. The maximum atomic E-state index is 13.8. The fourth-order valence-corrected chi connectivity index (χ4v) is 1.53. The van der Waals surface area contributed by atoms with Crippen molar-refractivity contribution in [2.45, 2.75) is 0 Å². The Hall–Kier alpha value is -3.23. The van der Waals surface area contributed by atoms with Crippen LogP contribution in [0.4, 0.5) is 10.1 Å². The van der Waals surface area contributed by atoms with Gasteiger partial charge >= 0.3 is 0 Å². The summed E-state index contributed by atoms with van der Waals surface area (Å²) in [4.78, 5) is 13.6. The fourth-order valence-electron chi connectivity index (χ4n) is 1.53. The molecule has 8 nitrogen and oxygen atoms in total. The van der Waals surface area contributed by atoms with E-state index >= 15 is 0 Å². The number of aromatic nitrogens is 1. The first kappa shape index (κ1) is 14.2. The lowest BCUT2D eigenvalue weighted by atomic mass is 10.2. The molecule has 0 atom stereocenters. The molecule has 0 aliphatic heterocycles. The van der Waals surface area contributed by atoms with Crippen molar-refractivity contribution in [3.63, 3.8) is 0 Å². The molecule has 1 heterocycles. The molecular weight excluding hydrogens is 283 g/mol. The van der Waals surface area contributed by atoms with Gasteiger partial charge in [0.1, 0.15) is 0 Å². The van der Waals surface area contributed by atoms with Crippen LogP contribution in [0, 0.1) is 15.9 Å². The van der Waals surface area contributed by atoms with Crippen LogP contribution in [0.1, 0.15) is 5.56 Å². The minimum atomic E-state index is -0.918. The molecule has 2 rings (SSSR count). The van der Waals surface area contributed by atoms with Crippen molar-refractivity contribution in [3.05, 3.63) is 58.2 Å². The molecule has 1 aromatic carbocycles. The summed E-state index contributed by atoms with van der Waals surface area (Å²) in [6.07, 6.45) is 2.63. The number of benzene rings is 1. The molecule has 0 bridgehead atoms. The highest BCUT2D eigenvalue weighted by Gasteiger charge is 2.15.